The topological polar surface area (TPSA) is 110 Å². The summed E-state index contributed by atoms with van der Waals surface area (Å²) >= 11 is 7.48. The van der Waals surface area contributed by atoms with Crippen LogP contribution in [0.5, 0.6) is 5.75 Å². The fourth-order valence-electron chi connectivity index (χ4n) is 7.21. The van der Waals surface area contributed by atoms with Crippen molar-refractivity contribution in [2.75, 3.05) is 76.2 Å². The van der Waals surface area contributed by atoms with Crippen molar-refractivity contribution in [3.05, 3.63) is 54.6 Å². The molecular formula is C38H55ClN7O3P. The summed E-state index contributed by atoms with van der Waals surface area (Å²) in [6, 6.07) is 11.5. The Labute approximate surface area is 303 Å². The maximum atomic E-state index is 13.3. The lowest BCUT2D eigenvalue weighted by Gasteiger charge is -2.51. The molecule has 2 heterocycles. The summed E-state index contributed by atoms with van der Waals surface area (Å²) in [4.78, 5) is 17.2. The highest BCUT2D eigenvalue weighted by Crippen LogP contribution is 2.40. The lowest BCUT2D eigenvalue weighted by atomic mass is 9.81. The number of alkyl halides is 1. The van der Waals surface area contributed by atoms with Crippen molar-refractivity contribution in [1.82, 2.24) is 20.4 Å². The number of anilines is 3. The summed E-state index contributed by atoms with van der Waals surface area (Å²) in [6.45, 7) is 11.9. The second-order valence-corrected chi connectivity index (χ2v) is 17.9. The molecule has 1 saturated carbocycles. The van der Waals surface area contributed by atoms with Crippen molar-refractivity contribution in [2.45, 2.75) is 74.7 Å². The molecule has 3 fully saturated rings. The van der Waals surface area contributed by atoms with Gasteiger partial charge in [0.1, 0.15) is 19.2 Å². The van der Waals surface area contributed by atoms with Gasteiger partial charge in [-0.05, 0) is 57.5 Å². The van der Waals surface area contributed by atoms with Crippen LogP contribution in [0.1, 0.15) is 56.9 Å². The standard InChI is InChI=1S/C38H55ClN7O3P/c1-6-34(47)40-30-27-31(32(49-3)26-28(30)16-15-21-46-24-22-45(2)23-25-46)42-37-43-36(41-29-17-11-12-18-33(29)50(4,5)48)35(39)38(44-37)19-13-9-7-8-10-14-20-38/h6,11-12,17-18,26-27,35-37,41-44H,1,7-10,13-14,19-25H2,2-5H3,(H,40,47). The van der Waals surface area contributed by atoms with E-state index in [-0.39, 0.29) is 23.0 Å². The molecule has 2 saturated heterocycles. The normalized spacial score (nSPS) is 23.3. The number of ether oxygens (including phenoxy) is 1. The molecule has 10 nitrogen and oxygen atoms in total. The van der Waals surface area contributed by atoms with E-state index in [9.17, 15) is 9.36 Å². The largest absolute Gasteiger partial charge is 0.495 e. The van der Waals surface area contributed by atoms with Crippen LogP contribution in [0.4, 0.5) is 17.1 Å². The Morgan fingerprint density at radius 3 is 2.38 bits per heavy atom. The Morgan fingerprint density at radius 1 is 1.04 bits per heavy atom. The molecule has 5 N–H and O–H groups in total. The van der Waals surface area contributed by atoms with Crippen LogP contribution in [0.15, 0.2) is 49.1 Å². The van der Waals surface area contributed by atoms with Gasteiger partial charge in [0.15, 0.2) is 0 Å². The zero-order chi connectivity index (χ0) is 35.7. The molecule has 50 heavy (non-hydrogen) atoms. The second-order valence-electron chi connectivity index (χ2n) is 14.2. The van der Waals surface area contributed by atoms with E-state index < -0.39 is 13.4 Å². The Balaban J connectivity index is 1.46. The summed E-state index contributed by atoms with van der Waals surface area (Å²) in [6.07, 6.45) is 9.32. The summed E-state index contributed by atoms with van der Waals surface area (Å²) < 4.78 is 19.2. The van der Waals surface area contributed by atoms with Crippen molar-refractivity contribution >= 4 is 47.0 Å². The molecular weight excluding hydrogens is 669 g/mol. The molecule has 5 rings (SSSR count). The number of para-hydroxylation sites is 1. The van der Waals surface area contributed by atoms with Gasteiger partial charge in [0, 0.05) is 48.8 Å². The van der Waals surface area contributed by atoms with Crippen LogP contribution >= 0.6 is 18.7 Å². The third kappa shape index (κ3) is 9.85. The van der Waals surface area contributed by atoms with Crippen LogP contribution in [-0.4, -0.2) is 99.3 Å². The highest BCUT2D eigenvalue weighted by molar-refractivity contribution is 7.70. The molecule has 2 aliphatic heterocycles. The van der Waals surface area contributed by atoms with Crippen LogP contribution in [0, 0.1) is 11.8 Å². The number of nitrogens with zero attached hydrogens (tertiary/aromatic N) is 2. The minimum atomic E-state index is -2.57. The molecule has 0 radical (unpaired) electrons. The number of nitrogens with one attached hydrogen (secondary N) is 5. The van der Waals surface area contributed by atoms with Gasteiger partial charge in [-0.3, -0.25) is 20.3 Å². The monoisotopic (exact) mass is 723 g/mol. The zero-order valence-electron chi connectivity index (χ0n) is 30.1. The molecule has 2 aromatic carbocycles. The van der Waals surface area contributed by atoms with Gasteiger partial charge in [0.2, 0.25) is 5.91 Å². The smallest absolute Gasteiger partial charge is 0.247 e. The van der Waals surface area contributed by atoms with Crippen LogP contribution < -0.4 is 36.6 Å². The molecule has 1 spiro atoms. The summed E-state index contributed by atoms with van der Waals surface area (Å²) in [7, 11) is 1.21. The van der Waals surface area contributed by atoms with Gasteiger partial charge in [0.25, 0.3) is 0 Å². The summed E-state index contributed by atoms with van der Waals surface area (Å²) in [5.41, 5.74) is 2.35. The fraction of sp³-hybridized carbons (Fsp3) is 0.553. The van der Waals surface area contributed by atoms with Gasteiger partial charge in [-0.2, -0.15) is 0 Å². The fourth-order valence-corrected chi connectivity index (χ4v) is 8.79. The molecule has 3 unspecified atom stereocenters. The lowest BCUT2D eigenvalue weighted by Crippen LogP contribution is -2.74. The van der Waals surface area contributed by atoms with E-state index in [1.165, 1.54) is 31.8 Å². The Bertz CT molecular complexity index is 1590. The van der Waals surface area contributed by atoms with Crippen LogP contribution in [-0.2, 0) is 9.36 Å². The first-order valence-corrected chi connectivity index (χ1v) is 21.0. The van der Waals surface area contributed by atoms with E-state index in [2.05, 4.69) is 61.9 Å². The zero-order valence-corrected chi connectivity index (χ0v) is 31.8. The van der Waals surface area contributed by atoms with Gasteiger partial charge < -0.3 is 30.2 Å². The molecule has 3 aliphatic rings. The first-order chi connectivity index (χ1) is 24.0. The number of hydrogen-bond acceptors (Lipinski definition) is 9. The van der Waals surface area contributed by atoms with E-state index in [1.54, 1.807) is 20.4 Å². The van der Waals surface area contributed by atoms with E-state index >= 15 is 0 Å². The number of carbonyl (C=O) groups is 1. The number of rotatable bonds is 9. The van der Waals surface area contributed by atoms with Gasteiger partial charge in [0.05, 0.1) is 42.1 Å². The predicted octanol–water partition coefficient (Wildman–Crippen LogP) is 5.47. The lowest BCUT2D eigenvalue weighted by molar-refractivity contribution is -0.111. The van der Waals surface area contributed by atoms with E-state index in [1.807, 2.05) is 36.4 Å². The van der Waals surface area contributed by atoms with Crippen molar-refractivity contribution in [3.63, 3.8) is 0 Å². The quantitative estimate of drug-likeness (QED) is 0.0996. The molecule has 2 aromatic rings. The first-order valence-electron chi connectivity index (χ1n) is 17.9. The molecule has 1 aliphatic carbocycles. The average Bonchev–Trinajstić information content (AvgIpc) is 3.21. The average molecular weight is 724 g/mol. The van der Waals surface area contributed by atoms with Crippen molar-refractivity contribution in [2.24, 2.45) is 0 Å². The Hall–Kier alpha value is -3.03. The number of likely N-dealkylation sites (N-methyl/N-ethyl adjacent to an activating group) is 1. The highest BCUT2D eigenvalue weighted by Gasteiger charge is 2.47. The second kappa shape index (κ2) is 17.5. The number of benzene rings is 2. The number of halogens is 1. The van der Waals surface area contributed by atoms with Gasteiger partial charge >= 0.3 is 0 Å². The minimum absolute atomic E-state index is 0.304. The SMILES string of the molecule is C=CC(=O)Nc1cc(NC2NC(Nc3ccccc3P(C)(C)=O)C(Cl)C3(CCCCCCCC3)N2)c(OC)cc1C#CCN1CCN(C)CC1. The van der Waals surface area contributed by atoms with Crippen molar-refractivity contribution in [1.29, 1.82) is 0 Å². The molecule has 272 valence electrons. The number of carbonyl (C=O) groups excluding carboxylic acids is 1. The van der Waals surface area contributed by atoms with E-state index in [0.717, 1.165) is 62.9 Å². The molecule has 1 amide bonds. The van der Waals surface area contributed by atoms with Gasteiger partial charge in [-0.1, -0.05) is 69.1 Å². The Kier molecular flexibility index (Phi) is 13.3. The van der Waals surface area contributed by atoms with Gasteiger partial charge in [-0.15, -0.1) is 11.6 Å². The summed E-state index contributed by atoms with van der Waals surface area (Å²) in [5.74, 6) is 6.87. The third-order valence-electron chi connectivity index (χ3n) is 10.1. The minimum Gasteiger partial charge on any atom is -0.495 e. The number of piperazine rings is 1. The highest BCUT2D eigenvalue weighted by atomic mass is 35.5. The summed E-state index contributed by atoms with van der Waals surface area (Å²) in [5, 5.41) is 18.3. The third-order valence-corrected chi connectivity index (χ3v) is 12.3. The van der Waals surface area contributed by atoms with Crippen molar-refractivity contribution in [3.8, 4) is 17.6 Å². The maximum Gasteiger partial charge on any atom is 0.247 e. The Morgan fingerprint density at radius 2 is 1.72 bits per heavy atom. The van der Waals surface area contributed by atoms with Crippen LogP contribution in [0.25, 0.3) is 0 Å². The van der Waals surface area contributed by atoms with E-state index in [0.29, 0.717) is 29.2 Å². The number of hydrogen-bond donors (Lipinski definition) is 5. The number of methoxy groups -OCH3 is 1. The maximum absolute atomic E-state index is 13.3. The molecule has 12 heteroatoms. The van der Waals surface area contributed by atoms with E-state index in [4.69, 9.17) is 16.3 Å². The first kappa shape index (κ1) is 38.2. The number of amides is 1. The molecule has 0 aromatic heterocycles. The van der Waals surface area contributed by atoms with Crippen LogP contribution in [0.3, 0.4) is 0 Å². The molecule has 0 bridgehead atoms. The molecule has 3 atom stereocenters. The van der Waals surface area contributed by atoms with Crippen molar-refractivity contribution < 1.29 is 14.1 Å². The van der Waals surface area contributed by atoms with Crippen LogP contribution in [0.2, 0.25) is 0 Å². The predicted molar refractivity (Wildman–Crippen MR) is 209 cm³/mol. The van der Waals surface area contributed by atoms with Gasteiger partial charge in [-0.25, -0.2) is 0 Å².